The van der Waals surface area contributed by atoms with Crippen LogP contribution < -0.4 is 5.73 Å². The molecule has 4 nitrogen and oxygen atoms in total. The standard InChI is InChI=1S/C14H10ClN3O/c15-8-4-5-9-11(7-8)18-13(12(9)16)14(19)10-3-1-2-6-17-10/h1-7,18H,16H2. The minimum Gasteiger partial charge on any atom is -0.396 e. The van der Waals surface area contributed by atoms with Crippen molar-refractivity contribution >= 4 is 34.0 Å². The number of halogens is 1. The third kappa shape index (κ3) is 1.96. The summed E-state index contributed by atoms with van der Waals surface area (Å²) in [6.45, 7) is 0. The Kier molecular flexibility index (Phi) is 2.72. The summed E-state index contributed by atoms with van der Waals surface area (Å²) in [5.74, 6) is -0.231. The van der Waals surface area contributed by atoms with Crippen LogP contribution in [0.15, 0.2) is 42.6 Å². The maximum atomic E-state index is 12.3. The topological polar surface area (TPSA) is 71.8 Å². The van der Waals surface area contributed by atoms with Gasteiger partial charge in [-0.05, 0) is 30.3 Å². The molecule has 1 aromatic carbocycles. The number of ketones is 1. The number of anilines is 1. The number of rotatable bonds is 2. The first-order chi connectivity index (χ1) is 9.16. The molecule has 0 atom stereocenters. The lowest BCUT2D eigenvalue weighted by atomic mass is 10.1. The highest BCUT2D eigenvalue weighted by atomic mass is 35.5. The Labute approximate surface area is 114 Å². The van der Waals surface area contributed by atoms with Gasteiger partial charge in [0.1, 0.15) is 11.4 Å². The zero-order valence-corrected chi connectivity index (χ0v) is 10.6. The summed E-state index contributed by atoms with van der Waals surface area (Å²) in [7, 11) is 0. The summed E-state index contributed by atoms with van der Waals surface area (Å²) in [6, 6.07) is 10.4. The number of aromatic amines is 1. The van der Waals surface area contributed by atoms with Crippen LogP contribution in [0.3, 0.4) is 0 Å². The van der Waals surface area contributed by atoms with Gasteiger partial charge in [0.25, 0.3) is 0 Å². The van der Waals surface area contributed by atoms with Crippen molar-refractivity contribution < 1.29 is 4.79 Å². The van der Waals surface area contributed by atoms with Gasteiger partial charge in [0.05, 0.1) is 5.69 Å². The molecule has 5 heteroatoms. The molecular weight excluding hydrogens is 262 g/mol. The molecule has 94 valence electrons. The maximum Gasteiger partial charge on any atom is 0.229 e. The first-order valence-electron chi connectivity index (χ1n) is 5.69. The van der Waals surface area contributed by atoms with Gasteiger partial charge < -0.3 is 10.7 Å². The number of carbonyl (C=O) groups is 1. The second kappa shape index (κ2) is 4.40. The number of carbonyl (C=O) groups excluding carboxylic acids is 1. The Morgan fingerprint density at radius 2 is 2.11 bits per heavy atom. The van der Waals surface area contributed by atoms with E-state index in [9.17, 15) is 4.79 Å². The molecular formula is C14H10ClN3O. The fraction of sp³-hybridized carbons (Fsp3) is 0. The van der Waals surface area contributed by atoms with E-state index in [1.807, 2.05) is 0 Å². The molecule has 19 heavy (non-hydrogen) atoms. The summed E-state index contributed by atoms with van der Waals surface area (Å²) in [4.78, 5) is 19.4. The molecule has 0 aliphatic heterocycles. The third-order valence-electron chi connectivity index (χ3n) is 2.93. The van der Waals surface area contributed by atoms with Crippen molar-refractivity contribution in [3.8, 4) is 0 Å². The highest BCUT2D eigenvalue weighted by Gasteiger charge is 2.18. The van der Waals surface area contributed by atoms with E-state index in [1.165, 1.54) is 0 Å². The Morgan fingerprint density at radius 1 is 1.26 bits per heavy atom. The minimum absolute atomic E-state index is 0.231. The highest BCUT2D eigenvalue weighted by molar-refractivity contribution is 6.31. The molecule has 0 fully saturated rings. The van der Waals surface area contributed by atoms with Crippen molar-refractivity contribution in [2.24, 2.45) is 0 Å². The molecule has 2 heterocycles. The molecule has 3 aromatic rings. The maximum absolute atomic E-state index is 12.3. The monoisotopic (exact) mass is 271 g/mol. The van der Waals surface area contributed by atoms with Crippen LogP contribution in [-0.2, 0) is 0 Å². The van der Waals surface area contributed by atoms with Crippen molar-refractivity contribution in [2.45, 2.75) is 0 Å². The van der Waals surface area contributed by atoms with Gasteiger partial charge in [0.2, 0.25) is 5.78 Å². The summed E-state index contributed by atoms with van der Waals surface area (Å²) in [6.07, 6.45) is 1.57. The third-order valence-corrected chi connectivity index (χ3v) is 3.16. The average Bonchev–Trinajstić information content (AvgIpc) is 2.75. The van der Waals surface area contributed by atoms with Crippen LogP contribution in [0.1, 0.15) is 16.2 Å². The molecule has 0 saturated heterocycles. The second-order valence-corrected chi connectivity index (χ2v) is 4.58. The number of pyridine rings is 1. The van der Waals surface area contributed by atoms with Crippen LogP contribution in [0.25, 0.3) is 10.9 Å². The first kappa shape index (κ1) is 11.7. The number of fused-ring (bicyclic) bond motifs is 1. The lowest BCUT2D eigenvalue weighted by Crippen LogP contribution is -2.06. The molecule has 0 amide bonds. The van der Waals surface area contributed by atoms with E-state index < -0.39 is 0 Å². The molecule has 0 aliphatic rings. The Balaban J connectivity index is 2.16. The van der Waals surface area contributed by atoms with Crippen LogP contribution in [0.4, 0.5) is 5.69 Å². The normalized spacial score (nSPS) is 10.8. The molecule has 0 radical (unpaired) electrons. The largest absolute Gasteiger partial charge is 0.396 e. The van der Waals surface area contributed by atoms with Gasteiger partial charge >= 0.3 is 0 Å². The first-order valence-corrected chi connectivity index (χ1v) is 6.07. The van der Waals surface area contributed by atoms with Crippen LogP contribution >= 0.6 is 11.6 Å². The predicted octanol–water partition coefficient (Wildman–Crippen LogP) is 3.03. The number of nitrogens with one attached hydrogen (secondary N) is 1. The van der Waals surface area contributed by atoms with E-state index >= 15 is 0 Å². The smallest absolute Gasteiger partial charge is 0.229 e. The van der Waals surface area contributed by atoms with Gasteiger partial charge in [-0.25, -0.2) is 0 Å². The molecule has 0 aliphatic carbocycles. The van der Waals surface area contributed by atoms with Crippen molar-refractivity contribution in [3.63, 3.8) is 0 Å². The summed E-state index contributed by atoms with van der Waals surface area (Å²) in [5, 5.41) is 1.37. The number of nitrogens with zero attached hydrogens (tertiary/aromatic N) is 1. The number of aromatic nitrogens is 2. The van der Waals surface area contributed by atoms with E-state index in [1.54, 1.807) is 42.6 Å². The fourth-order valence-electron chi connectivity index (χ4n) is 2.00. The molecule has 2 aromatic heterocycles. The number of benzene rings is 1. The SMILES string of the molecule is Nc1c(C(=O)c2ccccn2)[nH]c2cc(Cl)ccc12. The summed E-state index contributed by atoms with van der Waals surface area (Å²) >= 11 is 5.92. The van der Waals surface area contributed by atoms with Crippen molar-refractivity contribution in [3.05, 3.63) is 59.0 Å². The number of hydrogen-bond acceptors (Lipinski definition) is 3. The zero-order valence-electron chi connectivity index (χ0n) is 9.85. The number of H-pyrrole nitrogens is 1. The van der Waals surface area contributed by atoms with Crippen LogP contribution in [0, 0.1) is 0 Å². The highest BCUT2D eigenvalue weighted by Crippen LogP contribution is 2.28. The lowest BCUT2D eigenvalue weighted by Gasteiger charge is -1.98. The van der Waals surface area contributed by atoms with Gasteiger partial charge in [-0.2, -0.15) is 0 Å². The minimum atomic E-state index is -0.231. The van der Waals surface area contributed by atoms with Crippen LogP contribution in [0.5, 0.6) is 0 Å². The fourth-order valence-corrected chi connectivity index (χ4v) is 2.17. The number of hydrogen-bond donors (Lipinski definition) is 2. The quantitative estimate of drug-likeness (QED) is 0.704. The van der Waals surface area contributed by atoms with Gasteiger partial charge in [0.15, 0.2) is 0 Å². The Morgan fingerprint density at radius 3 is 2.84 bits per heavy atom. The van der Waals surface area contributed by atoms with Gasteiger partial charge in [-0.1, -0.05) is 17.7 Å². The van der Waals surface area contributed by atoms with Crippen LogP contribution in [0.2, 0.25) is 5.02 Å². The Bertz CT molecular complexity index is 765. The molecule has 3 rings (SSSR count). The molecule has 3 N–H and O–H groups in total. The van der Waals surface area contributed by atoms with Crippen molar-refractivity contribution in [1.82, 2.24) is 9.97 Å². The van der Waals surface area contributed by atoms with Crippen LogP contribution in [-0.4, -0.2) is 15.8 Å². The van der Waals surface area contributed by atoms with E-state index in [4.69, 9.17) is 17.3 Å². The molecule has 0 saturated carbocycles. The van der Waals surface area contributed by atoms with Gasteiger partial charge in [-0.15, -0.1) is 0 Å². The van der Waals surface area contributed by atoms with E-state index in [0.717, 1.165) is 10.9 Å². The number of nitrogen functional groups attached to an aromatic ring is 1. The molecule has 0 unspecified atom stereocenters. The van der Waals surface area contributed by atoms with E-state index in [0.29, 0.717) is 22.1 Å². The van der Waals surface area contributed by atoms with Crippen molar-refractivity contribution in [2.75, 3.05) is 5.73 Å². The van der Waals surface area contributed by atoms with Crippen molar-refractivity contribution in [1.29, 1.82) is 0 Å². The zero-order chi connectivity index (χ0) is 13.4. The van der Waals surface area contributed by atoms with E-state index in [-0.39, 0.29) is 5.78 Å². The average molecular weight is 272 g/mol. The summed E-state index contributed by atoms with van der Waals surface area (Å²) in [5.41, 5.74) is 7.86. The molecule has 0 bridgehead atoms. The predicted molar refractivity (Wildman–Crippen MR) is 75.4 cm³/mol. The van der Waals surface area contributed by atoms with E-state index in [2.05, 4.69) is 9.97 Å². The lowest BCUT2D eigenvalue weighted by molar-refractivity contribution is 0.103. The second-order valence-electron chi connectivity index (χ2n) is 4.15. The summed E-state index contributed by atoms with van der Waals surface area (Å²) < 4.78 is 0. The molecule has 0 spiro atoms. The van der Waals surface area contributed by atoms with Gasteiger partial charge in [0, 0.05) is 22.1 Å². The number of nitrogens with two attached hydrogens (primary N) is 1. The Hall–Kier alpha value is -2.33. The van der Waals surface area contributed by atoms with Gasteiger partial charge in [-0.3, -0.25) is 9.78 Å².